The van der Waals surface area contributed by atoms with Gasteiger partial charge in [-0.1, -0.05) is 87.5 Å². The van der Waals surface area contributed by atoms with Crippen LogP contribution in [0, 0.1) is 36.4 Å². The first-order valence-electron chi connectivity index (χ1n) is 12.1. The van der Waals surface area contributed by atoms with Crippen LogP contribution in [0.3, 0.4) is 0 Å². The standard InChI is InChI=1S/C32H33F/c1-4-6-7-8-10-27-13-17-29(18-14-27)20-22-31-23-25(3)30(24-32(31)33)21-19-28-15-11-26(9-5-2)12-16-28/h11-18,23-24H,4-10H2,1-3H3. The molecule has 0 atom stereocenters. The number of hydrogen-bond acceptors (Lipinski definition) is 0. The van der Waals surface area contributed by atoms with E-state index in [0.29, 0.717) is 11.1 Å². The maximum Gasteiger partial charge on any atom is 0.140 e. The van der Waals surface area contributed by atoms with E-state index in [1.165, 1.54) is 42.9 Å². The van der Waals surface area contributed by atoms with Crippen molar-refractivity contribution >= 4 is 0 Å². The minimum absolute atomic E-state index is 0.330. The Morgan fingerprint density at radius 3 is 1.76 bits per heavy atom. The minimum atomic E-state index is -0.330. The Balaban J connectivity index is 1.68. The Kier molecular flexibility index (Phi) is 9.35. The van der Waals surface area contributed by atoms with Gasteiger partial charge in [0.15, 0.2) is 0 Å². The summed E-state index contributed by atoms with van der Waals surface area (Å²) in [6.07, 6.45) is 8.36. The second kappa shape index (κ2) is 12.7. The van der Waals surface area contributed by atoms with Gasteiger partial charge in [-0.3, -0.25) is 0 Å². The highest BCUT2D eigenvalue weighted by Crippen LogP contribution is 2.15. The molecule has 0 aliphatic heterocycles. The second-order valence-electron chi connectivity index (χ2n) is 8.60. The van der Waals surface area contributed by atoms with Gasteiger partial charge in [0.25, 0.3) is 0 Å². The van der Waals surface area contributed by atoms with Crippen LogP contribution in [-0.4, -0.2) is 0 Å². The van der Waals surface area contributed by atoms with Gasteiger partial charge < -0.3 is 0 Å². The normalized spacial score (nSPS) is 10.2. The molecule has 0 saturated heterocycles. The van der Waals surface area contributed by atoms with E-state index in [1.807, 2.05) is 31.2 Å². The Hall–Kier alpha value is -3.29. The van der Waals surface area contributed by atoms with E-state index < -0.39 is 0 Å². The molecule has 0 fully saturated rings. The van der Waals surface area contributed by atoms with Gasteiger partial charge >= 0.3 is 0 Å². The third kappa shape index (κ3) is 7.66. The predicted octanol–water partition coefficient (Wildman–Crippen LogP) is 8.01. The first-order valence-corrected chi connectivity index (χ1v) is 12.1. The molecule has 0 saturated carbocycles. The van der Waals surface area contributed by atoms with E-state index in [4.69, 9.17) is 0 Å². The van der Waals surface area contributed by atoms with Crippen molar-refractivity contribution < 1.29 is 4.39 Å². The molecule has 0 radical (unpaired) electrons. The summed E-state index contributed by atoms with van der Waals surface area (Å²) in [4.78, 5) is 0. The molecule has 0 N–H and O–H groups in total. The van der Waals surface area contributed by atoms with Gasteiger partial charge in [0.05, 0.1) is 5.56 Å². The smallest absolute Gasteiger partial charge is 0.140 e. The van der Waals surface area contributed by atoms with Crippen LogP contribution in [0.25, 0.3) is 0 Å². The minimum Gasteiger partial charge on any atom is -0.206 e. The van der Waals surface area contributed by atoms with Crippen molar-refractivity contribution in [2.75, 3.05) is 0 Å². The highest BCUT2D eigenvalue weighted by molar-refractivity contribution is 5.52. The molecular weight excluding hydrogens is 403 g/mol. The molecule has 0 amide bonds. The van der Waals surface area contributed by atoms with E-state index >= 15 is 0 Å². The second-order valence-corrected chi connectivity index (χ2v) is 8.60. The molecule has 3 aromatic rings. The molecule has 0 unspecified atom stereocenters. The molecule has 33 heavy (non-hydrogen) atoms. The lowest BCUT2D eigenvalue weighted by molar-refractivity contribution is 0.623. The molecule has 3 aromatic carbocycles. The van der Waals surface area contributed by atoms with Gasteiger partial charge in [-0.2, -0.15) is 0 Å². The van der Waals surface area contributed by atoms with E-state index in [-0.39, 0.29) is 5.82 Å². The summed E-state index contributed by atoms with van der Waals surface area (Å²) in [5, 5.41) is 0. The number of hydrogen-bond donors (Lipinski definition) is 0. The van der Waals surface area contributed by atoms with Crippen LogP contribution in [0.2, 0.25) is 0 Å². The van der Waals surface area contributed by atoms with Crippen molar-refractivity contribution in [2.45, 2.75) is 65.7 Å². The summed E-state index contributed by atoms with van der Waals surface area (Å²) in [7, 11) is 0. The lowest BCUT2D eigenvalue weighted by Gasteiger charge is -2.02. The van der Waals surface area contributed by atoms with Crippen LogP contribution in [-0.2, 0) is 12.8 Å². The molecule has 1 heteroatoms. The lowest BCUT2D eigenvalue weighted by Crippen LogP contribution is -1.91. The van der Waals surface area contributed by atoms with Gasteiger partial charge in [-0.15, -0.1) is 0 Å². The summed E-state index contributed by atoms with van der Waals surface area (Å²) in [6.45, 7) is 6.35. The Labute approximate surface area is 199 Å². The van der Waals surface area contributed by atoms with E-state index in [9.17, 15) is 4.39 Å². The third-order valence-electron chi connectivity index (χ3n) is 5.76. The van der Waals surface area contributed by atoms with Gasteiger partial charge in [0.1, 0.15) is 5.82 Å². The summed E-state index contributed by atoms with van der Waals surface area (Å²) in [5.74, 6) is 12.0. The Morgan fingerprint density at radius 1 is 0.606 bits per heavy atom. The molecule has 0 nitrogen and oxygen atoms in total. The number of benzene rings is 3. The molecule has 168 valence electrons. The fourth-order valence-electron chi connectivity index (χ4n) is 3.75. The van der Waals surface area contributed by atoms with Crippen molar-refractivity contribution in [2.24, 2.45) is 0 Å². The van der Waals surface area contributed by atoms with E-state index in [1.54, 1.807) is 6.07 Å². The number of unbranched alkanes of at least 4 members (excludes halogenated alkanes) is 3. The molecule has 0 heterocycles. The number of rotatable bonds is 7. The zero-order valence-electron chi connectivity index (χ0n) is 20.1. The largest absolute Gasteiger partial charge is 0.206 e. The van der Waals surface area contributed by atoms with Crippen molar-refractivity contribution in [1.29, 1.82) is 0 Å². The van der Waals surface area contributed by atoms with Crippen LogP contribution >= 0.6 is 0 Å². The van der Waals surface area contributed by atoms with Gasteiger partial charge in [-0.25, -0.2) is 4.39 Å². The van der Waals surface area contributed by atoms with Crippen molar-refractivity contribution in [1.82, 2.24) is 0 Å². The molecule has 0 aromatic heterocycles. The highest BCUT2D eigenvalue weighted by atomic mass is 19.1. The number of aryl methyl sites for hydroxylation is 3. The maximum absolute atomic E-state index is 14.7. The van der Waals surface area contributed by atoms with Crippen LogP contribution in [0.15, 0.2) is 60.7 Å². The zero-order chi connectivity index (χ0) is 23.5. The molecule has 0 spiro atoms. The predicted molar refractivity (Wildman–Crippen MR) is 138 cm³/mol. The SMILES string of the molecule is CCCCCCc1ccc(C#Cc2cc(C)c(C#Cc3ccc(CCC)cc3)cc2F)cc1. The summed E-state index contributed by atoms with van der Waals surface area (Å²) in [6, 6.07) is 19.9. The van der Waals surface area contributed by atoms with Crippen LogP contribution in [0.5, 0.6) is 0 Å². The number of halogens is 1. The van der Waals surface area contributed by atoms with Gasteiger partial charge in [0, 0.05) is 16.7 Å². The summed E-state index contributed by atoms with van der Waals surface area (Å²) < 4.78 is 14.7. The first kappa shape index (κ1) is 24.4. The monoisotopic (exact) mass is 436 g/mol. The van der Waals surface area contributed by atoms with E-state index in [2.05, 4.69) is 61.8 Å². The van der Waals surface area contributed by atoms with Crippen molar-refractivity contribution in [3.05, 3.63) is 105 Å². The van der Waals surface area contributed by atoms with Crippen LogP contribution < -0.4 is 0 Å². The molecule has 0 aliphatic carbocycles. The first-order chi connectivity index (χ1) is 16.1. The molecular formula is C32H33F. The van der Waals surface area contributed by atoms with Crippen LogP contribution in [0.1, 0.15) is 84.9 Å². The fourth-order valence-corrected chi connectivity index (χ4v) is 3.75. The van der Waals surface area contributed by atoms with Crippen molar-refractivity contribution in [3.8, 4) is 23.7 Å². The topological polar surface area (TPSA) is 0 Å². The summed E-state index contributed by atoms with van der Waals surface area (Å²) in [5.41, 5.74) is 6.52. The van der Waals surface area contributed by atoms with Gasteiger partial charge in [-0.05, 0) is 79.3 Å². The quantitative estimate of drug-likeness (QED) is 0.260. The van der Waals surface area contributed by atoms with Gasteiger partial charge in [0.2, 0.25) is 0 Å². The third-order valence-corrected chi connectivity index (χ3v) is 5.76. The summed E-state index contributed by atoms with van der Waals surface area (Å²) >= 11 is 0. The lowest BCUT2D eigenvalue weighted by atomic mass is 10.0. The van der Waals surface area contributed by atoms with E-state index in [0.717, 1.165) is 36.0 Å². The highest BCUT2D eigenvalue weighted by Gasteiger charge is 2.04. The van der Waals surface area contributed by atoms with Crippen LogP contribution in [0.4, 0.5) is 4.39 Å². The Morgan fingerprint density at radius 2 is 1.18 bits per heavy atom. The fraction of sp³-hybridized carbons (Fsp3) is 0.312. The molecule has 0 aliphatic rings. The Bertz CT molecular complexity index is 1160. The molecule has 0 bridgehead atoms. The maximum atomic E-state index is 14.7. The average Bonchev–Trinajstić information content (AvgIpc) is 2.83. The molecule has 3 rings (SSSR count). The zero-order valence-corrected chi connectivity index (χ0v) is 20.1. The van der Waals surface area contributed by atoms with Crippen molar-refractivity contribution in [3.63, 3.8) is 0 Å². The average molecular weight is 437 g/mol.